The molecular formula is C93H141NO8. The van der Waals surface area contributed by atoms with Crippen LogP contribution in [0.5, 0.6) is 11.5 Å². The van der Waals surface area contributed by atoms with E-state index in [1.54, 1.807) is 0 Å². The lowest BCUT2D eigenvalue weighted by molar-refractivity contribution is 0.0127. The first-order valence-corrected chi connectivity index (χ1v) is 40.5. The number of hydrogen-bond donors (Lipinski definition) is 3. The molecule has 0 amide bonds. The summed E-state index contributed by atoms with van der Waals surface area (Å²) in [6.45, 7) is 29.3. The predicted octanol–water partition coefficient (Wildman–Crippen LogP) is 24.1. The normalized spacial score (nSPS) is 12.2. The zero-order valence-electron chi connectivity index (χ0n) is 66.2. The number of ether oxygens (including phenoxy) is 3. The van der Waals surface area contributed by atoms with Crippen LogP contribution in [0.15, 0.2) is 140 Å². The highest BCUT2D eigenvalue weighted by Gasteiger charge is 2.26. The molecule has 7 rings (SSSR count). The van der Waals surface area contributed by atoms with Crippen molar-refractivity contribution in [2.45, 2.75) is 313 Å². The van der Waals surface area contributed by atoms with Crippen molar-refractivity contribution in [2.75, 3.05) is 26.4 Å². The lowest BCUT2D eigenvalue weighted by Gasteiger charge is -2.27. The van der Waals surface area contributed by atoms with Crippen LogP contribution in [0.2, 0.25) is 0 Å². The molecule has 1 aliphatic rings. The van der Waals surface area contributed by atoms with Gasteiger partial charge in [0, 0.05) is 42.6 Å². The van der Waals surface area contributed by atoms with Crippen molar-refractivity contribution in [3.05, 3.63) is 201 Å². The zero-order valence-corrected chi connectivity index (χ0v) is 66.2. The van der Waals surface area contributed by atoms with Crippen molar-refractivity contribution in [3.63, 3.8) is 0 Å². The van der Waals surface area contributed by atoms with Crippen molar-refractivity contribution in [1.29, 1.82) is 0 Å². The first kappa shape index (κ1) is 90.0. The minimum atomic E-state index is -0.514. The van der Waals surface area contributed by atoms with Crippen LogP contribution in [0, 0.1) is 25.7 Å². The van der Waals surface area contributed by atoms with Gasteiger partial charge in [-0.25, -0.2) is 0 Å². The third-order valence-corrected chi connectivity index (χ3v) is 19.6. The van der Waals surface area contributed by atoms with Crippen LogP contribution < -0.4 is 15.2 Å². The van der Waals surface area contributed by atoms with Crippen molar-refractivity contribution in [2.24, 2.45) is 17.6 Å². The largest absolute Gasteiger partial charge is 0.494 e. The third-order valence-electron chi connectivity index (χ3n) is 19.6. The van der Waals surface area contributed by atoms with Crippen molar-refractivity contribution in [1.82, 2.24) is 0 Å². The van der Waals surface area contributed by atoms with Gasteiger partial charge in [-0.05, 0) is 209 Å². The maximum Gasteiger partial charge on any atom is 0.167 e. The topological polar surface area (TPSA) is 145 Å². The fraction of sp³-hybridized carbons (Fsp3) is 0.581. The second-order valence-electron chi connectivity index (χ2n) is 29.1. The Morgan fingerprint density at radius 1 is 0.441 bits per heavy atom. The summed E-state index contributed by atoms with van der Waals surface area (Å²) in [5, 5.41) is 21.4. The molecule has 6 aromatic carbocycles. The Hall–Kier alpha value is -6.23. The summed E-state index contributed by atoms with van der Waals surface area (Å²) in [5.74, 6) is 3.69. The van der Waals surface area contributed by atoms with Gasteiger partial charge in [0.05, 0.1) is 31.0 Å². The molecule has 0 atom stereocenters. The molecular weight excluding hydrogens is 1260 g/mol. The summed E-state index contributed by atoms with van der Waals surface area (Å²) < 4.78 is 16.9. The molecule has 4 N–H and O–H groups in total. The number of nitrogens with two attached hydrogens (primary N) is 1. The van der Waals surface area contributed by atoms with Crippen LogP contribution in [0.3, 0.4) is 0 Å². The number of aliphatic hydroxyl groups is 2. The molecule has 0 radical (unpaired) electrons. The van der Waals surface area contributed by atoms with Crippen LogP contribution in [0.1, 0.15) is 325 Å². The maximum absolute atomic E-state index is 12.5. The number of rotatable bonds is 44. The summed E-state index contributed by atoms with van der Waals surface area (Å²) in [7, 11) is 0. The SMILES string of the molecule is CCCC(O)(CCC)CCc1cccc(OCCCN)c1.CCCCc1cccc(C(=O)CC(CCC)CCC)c1.CCCCc1cccc(C(=O)Cc2c(C)cccc2C)c1.CCCOCc1cccc(CCC(O)(CCC)CCC)c1.CCCOc1cccc(C(=O)CC2CCCCC2)c1. The highest BCUT2D eigenvalue weighted by Crippen LogP contribution is 2.31. The molecule has 9 heteroatoms. The molecule has 102 heavy (non-hydrogen) atoms. The lowest BCUT2D eigenvalue weighted by atomic mass is 9.85. The van der Waals surface area contributed by atoms with E-state index >= 15 is 0 Å². The van der Waals surface area contributed by atoms with E-state index in [1.165, 1.54) is 128 Å². The summed E-state index contributed by atoms with van der Waals surface area (Å²) in [5.41, 5.74) is 16.9. The van der Waals surface area contributed by atoms with Crippen LogP contribution in [-0.2, 0) is 43.4 Å². The van der Waals surface area contributed by atoms with E-state index in [9.17, 15) is 24.6 Å². The third kappa shape index (κ3) is 38.0. The van der Waals surface area contributed by atoms with Crippen molar-refractivity contribution < 1.29 is 38.8 Å². The van der Waals surface area contributed by atoms with Gasteiger partial charge in [-0.15, -0.1) is 0 Å². The Balaban J connectivity index is 0.000000331. The number of ketones is 3. The Morgan fingerprint density at radius 2 is 0.882 bits per heavy atom. The summed E-state index contributed by atoms with van der Waals surface area (Å²) >= 11 is 0. The monoisotopic (exact) mass is 1400 g/mol. The van der Waals surface area contributed by atoms with Crippen LogP contribution in [-0.4, -0.2) is 65.1 Å². The quantitative estimate of drug-likeness (QED) is 0.0251. The smallest absolute Gasteiger partial charge is 0.167 e. The fourth-order valence-electron chi connectivity index (χ4n) is 13.9. The molecule has 6 aromatic rings. The van der Waals surface area contributed by atoms with E-state index in [2.05, 4.69) is 156 Å². The first-order chi connectivity index (χ1) is 49.4. The fourth-order valence-corrected chi connectivity index (χ4v) is 13.9. The van der Waals surface area contributed by atoms with Crippen molar-refractivity contribution >= 4 is 17.3 Å². The Morgan fingerprint density at radius 3 is 1.38 bits per heavy atom. The molecule has 0 unspecified atom stereocenters. The molecule has 0 aliphatic heterocycles. The van der Waals surface area contributed by atoms with Crippen molar-refractivity contribution in [3.8, 4) is 11.5 Å². The molecule has 9 nitrogen and oxygen atoms in total. The van der Waals surface area contributed by atoms with Gasteiger partial charge >= 0.3 is 0 Å². The number of unbranched alkanes of at least 4 members (excludes halogenated alkanes) is 2. The second-order valence-corrected chi connectivity index (χ2v) is 29.1. The molecule has 0 heterocycles. The molecule has 0 spiro atoms. The van der Waals surface area contributed by atoms with Crippen LogP contribution in [0.25, 0.3) is 0 Å². The molecule has 566 valence electrons. The first-order valence-electron chi connectivity index (χ1n) is 40.5. The van der Waals surface area contributed by atoms with Gasteiger partial charge in [-0.2, -0.15) is 0 Å². The molecule has 1 aliphatic carbocycles. The van der Waals surface area contributed by atoms with Gasteiger partial charge in [0.2, 0.25) is 0 Å². The Labute approximate surface area is 621 Å². The average molecular weight is 1400 g/mol. The van der Waals surface area contributed by atoms with E-state index in [1.807, 2.05) is 66.7 Å². The highest BCUT2D eigenvalue weighted by atomic mass is 16.5. The molecule has 0 bridgehead atoms. The minimum Gasteiger partial charge on any atom is -0.494 e. The number of aryl methyl sites for hydroxylation is 6. The summed E-state index contributed by atoms with van der Waals surface area (Å²) in [4.78, 5) is 37.3. The summed E-state index contributed by atoms with van der Waals surface area (Å²) in [6.07, 6.45) is 34.0. The number of Topliss-reactive ketones (excluding diaryl/α,β-unsaturated/α-hetero) is 3. The lowest BCUT2D eigenvalue weighted by Crippen LogP contribution is -2.28. The number of carbonyl (C=O) groups is 3. The van der Waals surface area contributed by atoms with E-state index in [0.29, 0.717) is 56.8 Å². The number of benzene rings is 6. The standard InChI is InChI=1S/C20H24O.C19H32O2.C19H30O.C18H31NO2.C17H24O2/c1-4-5-10-17-11-7-12-18(13-17)20(21)14-19-15(2)8-6-9-16(19)3;1-4-11-19(20,12-5-2)13-10-17-8-7-9-18(15-17)16-21-14-6-3;1-4-7-11-17-12-8-13-18(14-17)19(20)15-16(9-5-2)10-6-3;1-3-10-18(20,11-4-2)12-9-16-7-5-8-17(15-16)21-14-6-13-19;1-2-11-19-16-10-6-9-15(13-16)17(18)12-14-7-4-3-5-8-14/h6-9,11-13H,4-5,10,14H2,1-3H3;7-9,15,20H,4-6,10-14,16H2,1-3H3;8,12-14,16H,4-7,9-11,15H2,1-3H3;5,7-8,15,20H,3-4,6,9-14,19H2,1-2H3;6,9-10,13-14H,2-5,7-8,11-12H2,1H3. The van der Waals surface area contributed by atoms with E-state index in [0.717, 1.165) is 150 Å². The Kier molecular flexibility index (Phi) is 48.0. The van der Waals surface area contributed by atoms with Gasteiger partial charge in [0.15, 0.2) is 17.3 Å². The maximum atomic E-state index is 12.5. The number of hydrogen-bond acceptors (Lipinski definition) is 9. The molecule has 0 saturated heterocycles. The molecule has 1 fully saturated rings. The minimum absolute atomic E-state index is 0.214. The Bertz CT molecular complexity index is 3060. The molecule has 1 saturated carbocycles. The van der Waals surface area contributed by atoms with Gasteiger partial charge in [-0.1, -0.05) is 269 Å². The summed E-state index contributed by atoms with van der Waals surface area (Å²) in [6, 6.07) is 47.0. The van der Waals surface area contributed by atoms with Gasteiger partial charge in [0.1, 0.15) is 11.5 Å². The van der Waals surface area contributed by atoms with Gasteiger partial charge in [0.25, 0.3) is 0 Å². The number of carbonyl (C=O) groups excluding carboxylic acids is 3. The second kappa shape index (κ2) is 54.4. The van der Waals surface area contributed by atoms with Gasteiger partial charge in [-0.3, -0.25) is 14.4 Å². The highest BCUT2D eigenvalue weighted by molar-refractivity contribution is 5.98. The van der Waals surface area contributed by atoms with E-state index in [-0.39, 0.29) is 11.6 Å². The van der Waals surface area contributed by atoms with Crippen LogP contribution in [0.4, 0.5) is 0 Å². The molecule has 0 aromatic heterocycles. The van der Waals surface area contributed by atoms with Gasteiger partial charge < -0.3 is 30.2 Å². The van der Waals surface area contributed by atoms with Crippen LogP contribution >= 0.6 is 0 Å². The van der Waals surface area contributed by atoms with E-state index in [4.69, 9.17) is 19.9 Å². The zero-order chi connectivity index (χ0) is 74.6. The predicted molar refractivity (Wildman–Crippen MR) is 432 cm³/mol. The average Bonchev–Trinajstić information content (AvgIpc) is 0.860. The van der Waals surface area contributed by atoms with E-state index < -0.39 is 11.2 Å².